The molecule has 2 rings (SSSR count). The van der Waals surface area contributed by atoms with Crippen LogP contribution in [-0.4, -0.2) is 9.46 Å². The molecule has 14 heavy (non-hydrogen) atoms. The van der Waals surface area contributed by atoms with E-state index in [9.17, 15) is 4.21 Å². The summed E-state index contributed by atoms with van der Waals surface area (Å²) in [6.45, 7) is 6.06. The van der Waals surface area contributed by atoms with Crippen molar-refractivity contribution >= 4 is 10.8 Å². The third-order valence-corrected chi connectivity index (χ3v) is 4.80. The molecule has 1 aromatic carbocycles. The lowest BCUT2D eigenvalue weighted by Crippen LogP contribution is -2.20. The summed E-state index contributed by atoms with van der Waals surface area (Å²) in [5.41, 5.74) is 9.49. The van der Waals surface area contributed by atoms with Crippen molar-refractivity contribution in [2.24, 2.45) is 5.73 Å². The maximum Gasteiger partial charge on any atom is 0.0580 e. The molecule has 3 unspecified atom stereocenters. The van der Waals surface area contributed by atoms with Gasteiger partial charge in [0.05, 0.1) is 16.0 Å². The SMILES string of the molecule is Cc1cc2c(cc1C)S(=O)C(C)C2N. The number of aryl methyl sites for hydroxylation is 2. The van der Waals surface area contributed by atoms with Crippen molar-refractivity contribution in [2.75, 3.05) is 0 Å². The van der Waals surface area contributed by atoms with Gasteiger partial charge >= 0.3 is 0 Å². The average molecular weight is 209 g/mol. The van der Waals surface area contributed by atoms with Crippen molar-refractivity contribution in [3.05, 3.63) is 28.8 Å². The number of hydrogen-bond acceptors (Lipinski definition) is 2. The highest BCUT2D eigenvalue weighted by Gasteiger charge is 2.33. The Hall–Kier alpha value is -0.670. The third-order valence-electron chi connectivity index (χ3n) is 3.05. The Balaban J connectivity index is 2.65. The zero-order valence-corrected chi connectivity index (χ0v) is 9.52. The topological polar surface area (TPSA) is 43.1 Å². The molecule has 0 saturated carbocycles. The summed E-state index contributed by atoms with van der Waals surface area (Å²) in [7, 11) is -0.916. The highest BCUT2D eigenvalue weighted by molar-refractivity contribution is 7.86. The van der Waals surface area contributed by atoms with Gasteiger partial charge in [-0.1, -0.05) is 6.07 Å². The predicted octanol–water partition coefficient (Wildman–Crippen LogP) is 1.81. The lowest BCUT2D eigenvalue weighted by Gasteiger charge is -2.08. The molecule has 1 aliphatic rings. The average Bonchev–Trinajstić information content (AvgIpc) is 2.34. The zero-order chi connectivity index (χ0) is 10.5. The first-order chi connectivity index (χ1) is 6.52. The van der Waals surface area contributed by atoms with Gasteiger partial charge in [-0.15, -0.1) is 0 Å². The smallest absolute Gasteiger partial charge is 0.0580 e. The van der Waals surface area contributed by atoms with E-state index < -0.39 is 10.8 Å². The van der Waals surface area contributed by atoms with Crippen molar-refractivity contribution in [3.8, 4) is 0 Å². The van der Waals surface area contributed by atoms with E-state index in [0.717, 1.165) is 10.5 Å². The van der Waals surface area contributed by atoms with Crippen LogP contribution in [0.5, 0.6) is 0 Å². The van der Waals surface area contributed by atoms with Crippen molar-refractivity contribution in [2.45, 2.75) is 37.0 Å². The van der Waals surface area contributed by atoms with Gasteiger partial charge in [0.2, 0.25) is 0 Å². The van der Waals surface area contributed by atoms with E-state index >= 15 is 0 Å². The molecule has 3 atom stereocenters. The van der Waals surface area contributed by atoms with Crippen LogP contribution in [0.1, 0.15) is 29.7 Å². The molecular formula is C11H15NOS. The van der Waals surface area contributed by atoms with Gasteiger partial charge < -0.3 is 5.73 Å². The fourth-order valence-electron chi connectivity index (χ4n) is 1.83. The number of fused-ring (bicyclic) bond motifs is 1. The Labute approximate surface area is 87.0 Å². The Bertz CT molecular complexity index is 414. The molecule has 1 aromatic rings. The van der Waals surface area contributed by atoms with Gasteiger partial charge in [0.1, 0.15) is 0 Å². The molecule has 76 valence electrons. The van der Waals surface area contributed by atoms with E-state index in [2.05, 4.69) is 13.0 Å². The monoisotopic (exact) mass is 209 g/mol. The van der Waals surface area contributed by atoms with Gasteiger partial charge in [0, 0.05) is 10.9 Å². The Morgan fingerprint density at radius 2 is 1.86 bits per heavy atom. The lowest BCUT2D eigenvalue weighted by molar-refractivity contribution is 0.662. The molecule has 0 aliphatic carbocycles. The second kappa shape index (κ2) is 3.17. The van der Waals surface area contributed by atoms with Crippen LogP contribution in [0.2, 0.25) is 0 Å². The first-order valence-electron chi connectivity index (χ1n) is 4.79. The van der Waals surface area contributed by atoms with Crippen LogP contribution in [-0.2, 0) is 10.8 Å². The summed E-state index contributed by atoms with van der Waals surface area (Å²) in [6.07, 6.45) is 0. The summed E-state index contributed by atoms with van der Waals surface area (Å²) in [6, 6.07) is 4.03. The molecule has 0 saturated heterocycles. The normalized spacial score (nSPS) is 30.4. The van der Waals surface area contributed by atoms with E-state index in [1.54, 1.807) is 0 Å². The zero-order valence-electron chi connectivity index (χ0n) is 8.70. The summed E-state index contributed by atoms with van der Waals surface area (Å²) in [4.78, 5) is 0.938. The molecule has 0 bridgehead atoms. The van der Waals surface area contributed by atoms with E-state index in [0.29, 0.717) is 0 Å². The van der Waals surface area contributed by atoms with Crippen molar-refractivity contribution in [3.63, 3.8) is 0 Å². The van der Waals surface area contributed by atoms with E-state index in [-0.39, 0.29) is 11.3 Å². The van der Waals surface area contributed by atoms with Crippen LogP contribution < -0.4 is 5.73 Å². The molecule has 1 aliphatic heterocycles. The van der Waals surface area contributed by atoms with Crippen LogP contribution in [0.3, 0.4) is 0 Å². The van der Waals surface area contributed by atoms with Gasteiger partial charge in [-0.3, -0.25) is 4.21 Å². The molecule has 0 radical (unpaired) electrons. The third kappa shape index (κ3) is 1.23. The van der Waals surface area contributed by atoms with E-state index in [1.807, 2.05) is 19.9 Å². The first-order valence-corrected chi connectivity index (χ1v) is 6.01. The van der Waals surface area contributed by atoms with Crippen LogP contribution in [0.25, 0.3) is 0 Å². The van der Waals surface area contributed by atoms with Crippen molar-refractivity contribution < 1.29 is 4.21 Å². The second-order valence-electron chi connectivity index (χ2n) is 4.00. The van der Waals surface area contributed by atoms with Crippen molar-refractivity contribution in [1.29, 1.82) is 0 Å². The fourth-order valence-corrected chi connectivity index (χ4v) is 3.37. The molecule has 0 fully saturated rings. The Morgan fingerprint density at radius 3 is 2.50 bits per heavy atom. The van der Waals surface area contributed by atoms with Gasteiger partial charge in [-0.2, -0.15) is 0 Å². The minimum absolute atomic E-state index is 0.0474. The molecule has 3 heteroatoms. The van der Waals surface area contributed by atoms with Gasteiger partial charge in [-0.05, 0) is 43.5 Å². The van der Waals surface area contributed by atoms with Gasteiger partial charge in [0.15, 0.2) is 0 Å². The maximum absolute atomic E-state index is 11.9. The molecule has 2 nitrogen and oxygen atoms in total. The molecule has 0 spiro atoms. The molecular weight excluding hydrogens is 194 g/mol. The summed E-state index contributed by atoms with van der Waals surface area (Å²) in [5.74, 6) is 0. The Morgan fingerprint density at radius 1 is 1.29 bits per heavy atom. The summed E-state index contributed by atoms with van der Waals surface area (Å²) >= 11 is 0. The minimum Gasteiger partial charge on any atom is -0.323 e. The lowest BCUT2D eigenvalue weighted by atomic mass is 10.0. The van der Waals surface area contributed by atoms with Crippen LogP contribution in [0.15, 0.2) is 17.0 Å². The van der Waals surface area contributed by atoms with Crippen molar-refractivity contribution in [1.82, 2.24) is 0 Å². The van der Waals surface area contributed by atoms with Crippen LogP contribution in [0, 0.1) is 13.8 Å². The number of hydrogen-bond donors (Lipinski definition) is 1. The van der Waals surface area contributed by atoms with Gasteiger partial charge in [-0.25, -0.2) is 0 Å². The number of benzene rings is 1. The number of rotatable bonds is 0. The van der Waals surface area contributed by atoms with E-state index in [4.69, 9.17) is 5.73 Å². The largest absolute Gasteiger partial charge is 0.323 e. The summed E-state index contributed by atoms with van der Waals surface area (Å²) < 4.78 is 11.9. The predicted molar refractivity (Wildman–Crippen MR) is 58.7 cm³/mol. The first kappa shape index (κ1) is 9.87. The van der Waals surface area contributed by atoms with Crippen LogP contribution >= 0.6 is 0 Å². The molecule has 1 heterocycles. The number of nitrogens with two attached hydrogens (primary N) is 1. The van der Waals surface area contributed by atoms with Gasteiger partial charge in [0.25, 0.3) is 0 Å². The standard InChI is InChI=1S/C11H15NOS/c1-6-4-9-10(5-7(6)2)14(13)8(3)11(9)12/h4-5,8,11H,12H2,1-3H3. The fraction of sp³-hybridized carbons (Fsp3) is 0.455. The summed E-state index contributed by atoms with van der Waals surface area (Å²) in [5, 5.41) is 0.0474. The molecule has 0 aromatic heterocycles. The minimum atomic E-state index is -0.916. The molecule has 0 amide bonds. The molecule has 2 N–H and O–H groups in total. The van der Waals surface area contributed by atoms with Crippen LogP contribution in [0.4, 0.5) is 0 Å². The van der Waals surface area contributed by atoms with E-state index in [1.165, 1.54) is 11.1 Å². The maximum atomic E-state index is 11.9. The quantitative estimate of drug-likeness (QED) is 0.708. The highest BCUT2D eigenvalue weighted by Crippen LogP contribution is 2.35. The highest BCUT2D eigenvalue weighted by atomic mass is 32.2. The Kier molecular flexibility index (Phi) is 2.24. The second-order valence-corrected chi connectivity index (χ2v) is 5.78.